The van der Waals surface area contributed by atoms with Crippen LogP contribution < -0.4 is 15.2 Å². The molecular formula is C20H18N4O3. The first-order valence-electron chi connectivity index (χ1n) is 8.57. The fourth-order valence-electron chi connectivity index (χ4n) is 3.27. The van der Waals surface area contributed by atoms with Gasteiger partial charge in [0.1, 0.15) is 28.9 Å². The van der Waals surface area contributed by atoms with Crippen molar-refractivity contribution in [2.75, 3.05) is 6.61 Å². The molecule has 0 bridgehead atoms. The van der Waals surface area contributed by atoms with Gasteiger partial charge in [-0.2, -0.15) is 5.26 Å². The van der Waals surface area contributed by atoms with E-state index in [-0.39, 0.29) is 5.88 Å². The lowest BCUT2D eigenvalue weighted by Gasteiger charge is -2.22. The highest BCUT2D eigenvalue weighted by Gasteiger charge is 2.37. The van der Waals surface area contributed by atoms with Crippen molar-refractivity contribution in [3.05, 3.63) is 64.9 Å². The second-order valence-electron chi connectivity index (χ2n) is 6.15. The Morgan fingerprint density at radius 2 is 2.19 bits per heavy atom. The number of rotatable bonds is 4. The summed E-state index contributed by atoms with van der Waals surface area (Å²) in [6.07, 6.45) is 0. The molecular weight excluding hydrogens is 344 g/mol. The molecule has 3 heterocycles. The van der Waals surface area contributed by atoms with E-state index >= 15 is 0 Å². The zero-order valence-electron chi connectivity index (χ0n) is 14.9. The zero-order chi connectivity index (χ0) is 19.0. The number of nitrogens with two attached hydrogens (primary N) is 1. The molecule has 1 atom stereocenters. The fourth-order valence-corrected chi connectivity index (χ4v) is 3.27. The van der Waals surface area contributed by atoms with Gasteiger partial charge in [-0.3, -0.25) is 5.10 Å². The summed E-state index contributed by atoms with van der Waals surface area (Å²) in [6, 6.07) is 13.5. The first-order chi connectivity index (χ1) is 13.1. The molecule has 1 aromatic carbocycles. The maximum absolute atomic E-state index is 9.68. The number of furan rings is 1. The number of nitrogens with zero attached hydrogens (tertiary/aromatic N) is 2. The van der Waals surface area contributed by atoms with Gasteiger partial charge in [-0.25, -0.2) is 0 Å². The van der Waals surface area contributed by atoms with Crippen molar-refractivity contribution in [2.24, 2.45) is 5.73 Å². The van der Waals surface area contributed by atoms with Crippen LogP contribution in [0.5, 0.6) is 11.6 Å². The maximum atomic E-state index is 9.68. The minimum atomic E-state index is -0.503. The largest absolute Gasteiger partial charge is 0.494 e. The molecule has 0 saturated heterocycles. The highest BCUT2D eigenvalue weighted by molar-refractivity contribution is 5.71. The van der Waals surface area contributed by atoms with E-state index in [1.54, 1.807) is 0 Å². The fraction of sp³-hybridized carbons (Fsp3) is 0.200. The molecule has 27 heavy (non-hydrogen) atoms. The van der Waals surface area contributed by atoms with Crippen molar-refractivity contribution in [1.82, 2.24) is 10.2 Å². The lowest BCUT2D eigenvalue weighted by Crippen LogP contribution is -2.20. The molecule has 136 valence electrons. The van der Waals surface area contributed by atoms with Crippen molar-refractivity contribution in [1.29, 1.82) is 5.26 Å². The van der Waals surface area contributed by atoms with Gasteiger partial charge in [0, 0.05) is 5.56 Å². The van der Waals surface area contributed by atoms with Crippen LogP contribution in [0.15, 0.2) is 52.3 Å². The molecule has 0 saturated carbocycles. The van der Waals surface area contributed by atoms with E-state index in [4.69, 9.17) is 19.6 Å². The van der Waals surface area contributed by atoms with Crippen LogP contribution in [0.25, 0.3) is 11.3 Å². The number of hydrogen-bond acceptors (Lipinski definition) is 6. The third kappa shape index (κ3) is 2.81. The SMILES string of the molecule is CCOc1cccc(-c2[nH]nc3c2C(c2ccc(C)o2)C(C#N)=C(N)O3)c1. The van der Waals surface area contributed by atoms with Gasteiger partial charge in [0.15, 0.2) is 0 Å². The van der Waals surface area contributed by atoms with Crippen molar-refractivity contribution in [3.63, 3.8) is 0 Å². The summed E-state index contributed by atoms with van der Waals surface area (Å²) in [4.78, 5) is 0. The molecule has 0 fully saturated rings. The standard InChI is InChI=1S/C20H18N4O3/c1-3-25-13-6-4-5-12(9-13)18-17-16(15-8-7-11(2)26-15)14(10-21)19(22)27-20(17)24-23-18/h4-9,16H,3,22H2,1-2H3,(H,23,24). The third-order valence-corrected chi connectivity index (χ3v) is 4.42. The highest BCUT2D eigenvalue weighted by Crippen LogP contribution is 2.46. The van der Waals surface area contributed by atoms with E-state index in [9.17, 15) is 5.26 Å². The molecule has 1 aliphatic rings. The summed E-state index contributed by atoms with van der Waals surface area (Å²) in [6.45, 7) is 4.35. The number of ether oxygens (including phenoxy) is 2. The zero-order valence-corrected chi connectivity index (χ0v) is 14.9. The molecule has 7 heteroatoms. The van der Waals surface area contributed by atoms with Crippen LogP contribution in [0.2, 0.25) is 0 Å². The van der Waals surface area contributed by atoms with Crippen LogP contribution in [0, 0.1) is 18.3 Å². The molecule has 0 radical (unpaired) electrons. The number of aromatic amines is 1. The van der Waals surface area contributed by atoms with E-state index in [0.29, 0.717) is 29.4 Å². The van der Waals surface area contributed by atoms with E-state index in [1.165, 1.54) is 0 Å². The first-order valence-corrected chi connectivity index (χ1v) is 8.57. The number of aromatic nitrogens is 2. The monoisotopic (exact) mass is 362 g/mol. The van der Waals surface area contributed by atoms with Gasteiger partial charge in [0.05, 0.1) is 23.8 Å². The highest BCUT2D eigenvalue weighted by atomic mass is 16.5. The summed E-state index contributed by atoms with van der Waals surface area (Å²) >= 11 is 0. The molecule has 1 unspecified atom stereocenters. The van der Waals surface area contributed by atoms with Gasteiger partial charge in [-0.15, -0.1) is 5.10 Å². The Bertz CT molecular complexity index is 1070. The predicted octanol–water partition coefficient (Wildman–Crippen LogP) is 3.60. The Morgan fingerprint density at radius 3 is 2.89 bits per heavy atom. The van der Waals surface area contributed by atoms with Crippen LogP contribution in [-0.4, -0.2) is 16.8 Å². The molecule has 7 nitrogen and oxygen atoms in total. The minimum absolute atomic E-state index is 0.0326. The van der Waals surface area contributed by atoms with Crippen molar-refractivity contribution in [2.45, 2.75) is 19.8 Å². The van der Waals surface area contributed by atoms with E-state index in [1.807, 2.05) is 50.2 Å². The molecule has 0 amide bonds. The molecule has 3 aromatic rings. The first kappa shape index (κ1) is 16.8. The quantitative estimate of drug-likeness (QED) is 0.734. The average Bonchev–Trinajstić information content (AvgIpc) is 3.27. The van der Waals surface area contributed by atoms with Crippen molar-refractivity contribution < 1.29 is 13.9 Å². The average molecular weight is 362 g/mol. The van der Waals surface area contributed by atoms with E-state index in [2.05, 4.69) is 16.3 Å². The van der Waals surface area contributed by atoms with Crippen LogP contribution >= 0.6 is 0 Å². The van der Waals surface area contributed by atoms with Gasteiger partial charge in [-0.1, -0.05) is 12.1 Å². The van der Waals surface area contributed by atoms with Crippen LogP contribution in [-0.2, 0) is 0 Å². The molecule has 1 aliphatic heterocycles. The van der Waals surface area contributed by atoms with Gasteiger partial charge in [-0.05, 0) is 38.1 Å². The van der Waals surface area contributed by atoms with Gasteiger partial charge < -0.3 is 19.6 Å². The van der Waals surface area contributed by atoms with E-state index < -0.39 is 5.92 Å². The lowest BCUT2D eigenvalue weighted by molar-refractivity contribution is 0.340. The number of aryl methyl sites for hydroxylation is 1. The second-order valence-corrected chi connectivity index (χ2v) is 6.15. The van der Waals surface area contributed by atoms with Gasteiger partial charge in [0.2, 0.25) is 11.8 Å². The molecule has 0 spiro atoms. The molecule has 0 aliphatic carbocycles. The topological polar surface area (TPSA) is 110 Å². The van der Waals surface area contributed by atoms with Crippen LogP contribution in [0.1, 0.15) is 29.9 Å². The van der Waals surface area contributed by atoms with Gasteiger partial charge in [0.25, 0.3) is 0 Å². The van der Waals surface area contributed by atoms with E-state index in [0.717, 1.165) is 22.8 Å². The number of allylic oxidation sites excluding steroid dienone is 1. The van der Waals surface area contributed by atoms with Crippen LogP contribution in [0.3, 0.4) is 0 Å². The Balaban J connectivity index is 1.90. The molecule has 2 aromatic heterocycles. The number of nitriles is 1. The summed E-state index contributed by atoms with van der Waals surface area (Å²) < 4.78 is 17.0. The van der Waals surface area contributed by atoms with Gasteiger partial charge >= 0.3 is 0 Å². The smallest absolute Gasteiger partial charge is 0.244 e. The summed E-state index contributed by atoms with van der Waals surface area (Å²) in [5.74, 6) is 1.97. The minimum Gasteiger partial charge on any atom is -0.494 e. The third-order valence-electron chi connectivity index (χ3n) is 4.42. The molecule has 3 N–H and O–H groups in total. The number of hydrogen-bond donors (Lipinski definition) is 2. The predicted molar refractivity (Wildman–Crippen MR) is 97.9 cm³/mol. The second kappa shape index (κ2) is 6.57. The van der Waals surface area contributed by atoms with Crippen LogP contribution in [0.4, 0.5) is 0 Å². The summed E-state index contributed by atoms with van der Waals surface area (Å²) in [5, 5.41) is 16.9. The number of fused-ring (bicyclic) bond motifs is 1. The number of nitrogens with one attached hydrogen (secondary N) is 1. The molecule has 4 rings (SSSR count). The Morgan fingerprint density at radius 1 is 1.33 bits per heavy atom. The Hall–Kier alpha value is -3.66. The van der Waals surface area contributed by atoms with Crippen molar-refractivity contribution >= 4 is 0 Å². The lowest BCUT2D eigenvalue weighted by atomic mass is 9.86. The Kier molecular flexibility index (Phi) is 4.09. The number of benzene rings is 1. The number of H-pyrrole nitrogens is 1. The summed E-state index contributed by atoms with van der Waals surface area (Å²) in [5.41, 5.74) is 8.57. The normalized spacial score (nSPS) is 15.8. The Labute approximate surface area is 156 Å². The van der Waals surface area contributed by atoms with Crippen molar-refractivity contribution in [3.8, 4) is 29.0 Å². The maximum Gasteiger partial charge on any atom is 0.244 e. The summed E-state index contributed by atoms with van der Waals surface area (Å²) in [7, 11) is 0.